The van der Waals surface area contributed by atoms with Gasteiger partial charge in [-0.05, 0) is 19.9 Å². The summed E-state index contributed by atoms with van der Waals surface area (Å²) in [4.78, 5) is 10.6. The molecular formula is C11H13F2NO2. The number of carboxylic acid groups (broad SMARTS) is 1. The molecule has 0 heterocycles. The maximum absolute atomic E-state index is 13.3. The predicted octanol–water partition coefficient (Wildman–Crippen LogP) is 2.09. The van der Waals surface area contributed by atoms with Crippen LogP contribution < -0.4 is 5.32 Å². The number of hydrogen-bond donors (Lipinski definition) is 2. The summed E-state index contributed by atoms with van der Waals surface area (Å²) in [7, 11) is 0. The minimum absolute atomic E-state index is 0.245. The summed E-state index contributed by atoms with van der Waals surface area (Å²) in [6, 6.07) is 1.93. The molecule has 16 heavy (non-hydrogen) atoms. The minimum atomic E-state index is -1.02. The fraction of sp³-hybridized carbons (Fsp3) is 0.364. The lowest BCUT2D eigenvalue weighted by atomic mass is 10.1. The normalized spacial score (nSPS) is 14.5. The number of aliphatic carboxylic acids is 1. The molecule has 0 aromatic heterocycles. The molecule has 0 aliphatic heterocycles. The molecule has 0 fully saturated rings. The van der Waals surface area contributed by atoms with Crippen molar-refractivity contribution in [3.63, 3.8) is 0 Å². The van der Waals surface area contributed by atoms with Crippen molar-refractivity contribution < 1.29 is 18.7 Å². The van der Waals surface area contributed by atoms with Crippen molar-refractivity contribution in [3.05, 3.63) is 35.4 Å². The second-order valence-corrected chi connectivity index (χ2v) is 3.61. The van der Waals surface area contributed by atoms with E-state index in [2.05, 4.69) is 5.32 Å². The van der Waals surface area contributed by atoms with Crippen LogP contribution in [0, 0.1) is 11.6 Å². The van der Waals surface area contributed by atoms with Crippen molar-refractivity contribution in [3.8, 4) is 0 Å². The molecule has 0 saturated heterocycles. The quantitative estimate of drug-likeness (QED) is 0.831. The number of hydrogen-bond acceptors (Lipinski definition) is 2. The molecule has 0 saturated carbocycles. The molecule has 1 rings (SSSR count). The van der Waals surface area contributed by atoms with Crippen molar-refractivity contribution in [1.82, 2.24) is 5.32 Å². The second-order valence-electron chi connectivity index (χ2n) is 3.61. The molecule has 0 bridgehead atoms. The smallest absolute Gasteiger partial charge is 0.320 e. The number of benzene rings is 1. The molecule has 0 amide bonds. The molecule has 5 heteroatoms. The standard InChI is InChI=1S/C11H13F2NO2/c1-6(14-7(2)11(15)16)9-4-3-8(12)5-10(9)13/h3-7,14H,1-2H3,(H,15,16). The van der Waals surface area contributed by atoms with Crippen LogP contribution in [-0.4, -0.2) is 17.1 Å². The monoisotopic (exact) mass is 229 g/mol. The Kier molecular flexibility index (Phi) is 3.95. The van der Waals surface area contributed by atoms with Crippen molar-refractivity contribution in [2.24, 2.45) is 0 Å². The fourth-order valence-corrected chi connectivity index (χ4v) is 1.39. The Morgan fingerprint density at radius 1 is 1.38 bits per heavy atom. The summed E-state index contributed by atoms with van der Waals surface area (Å²) in [5, 5.41) is 11.4. The highest BCUT2D eigenvalue weighted by molar-refractivity contribution is 5.72. The molecule has 0 aliphatic rings. The van der Waals surface area contributed by atoms with Gasteiger partial charge in [0.15, 0.2) is 0 Å². The lowest BCUT2D eigenvalue weighted by Crippen LogP contribution is -2.35. The van der Waals surface area contributed by atoms with Gasteiger partial charge in [-0.25, -0.2) is 8.78 Å². The first-order valence-corrected chi connectivity index (χ1v) is 4.85. The zero-order chi connectivity index (χ0) is 12.3. The number of rotatable bonds is 4. The minimum Gasteiger partial charge on any atom is -0.480 e. The molecule has 0 radical (unpaired) electrons. The first kappa shape index (κ1) is 12.6. The van der Waals surface area contributed by atoms with E-state index in [0.29, 0.717) is 0 Å². The van der Waals surface area contributed by atoms with E-state index in [1.54, 1.807) is 6.92 Å². The van der Waals surface area contributed by atoms with Crippen molar-refractivity contribution in [2.45, 2.75) is 25.9 Å². The first-order chi connectivity index (χ1) is 7.41. The van der Waals surface area contributed by atoms with Gasteiger partial charge in [0, 0.05) is 17.7 Å². The number of nitrogens with one attached hydrogen (secondary N) is 1. The van der Waals surface area contributed by atoms with Gasteiger partial charge in [0.2, 0.25) is 0 Å². The SMILES string of the molecule is CC(NC(C)c1ccc(F)cc1F)C(=O)O. The van der Waals surface area contributed by atoms with E-state index in [1.165, 1.54) is 13.0 Å². The average Bonchev–Trinajstić information content (AvgIpc) is 2.16. The summed E-state index contributed by atoms with van der Waals surface area (Å²) in [6.07, 6.45) is 0. The Morgan fingerprint density at radius 2 is 2.00 bits per heavy atom. The maximum atomic E-state index is 13.3. The van der Waals surface area contributed by atoms with E-state index < -0.39 is 29.7 Å². The van der Waals surface area contributed by atoms with Gasteiger partial charge in [-0.15, -0.1) is 0 Å². The van der Waals surface area contributed by atoms with Gasteiger partial charge in [-0.1, -0.05) is 6.07 Å². The van der Waals surface area contributed by atoms with Gasteiger partial charge in [-0.3, -0.25) is 10.1 Å². The van der Waals surface area contributed by atoms with E-state index in [4.69, 9.17) is 5.11 Å². The summed E-state index contributed by atoms with van der Waals surface area (Å²) >= 11 is 0. The summed E-state index contributed by atoms with van der Waals surface area (Å²) < 4.78 is 26.0. The van der Waals surface area contributed by atoms with E-state index in [-0.39, 0.29) is 5.56 Å². The van der Waals surface area contributed by atoms with Crippen LogP contribution in [0.1, 0.15) is 25.5 Å². The van der Waals surface area contributed by atoms with Crippen LogP contribution in [0.2, 0.25) is 0 Å². The van der Waals surface area contributed by atoms with Crippen LogP contribution in [-0.2, 0) is 4.79 Å². The number of carboxylic acids is 1. The molecule has 0 spiro atoms. The lowest BCUT2D eigenvalue weighted by Gasteiger charge is -2.17. The Hall–Kier alpha value is -1.49. The number of halogens is 2. The van der Waals surface area contributed by atoms with Gasteiger partial charge >= 0.3 is 5.97 Å². The van der Waals surface area contributed by atoms with E-state index in [1.807, 2.05) is 0 Å². The van der Waals surface area contributed by atoms with Gasteiger partial charge in [0.25, 0.3) is 0 Å². The van der Waals surface area contributed by atoms with Crippen LogP contribution in [0.25, 0.3) is 0 Å². The fourth-order valence-electron chi connectivity index (χ4n) is 1.39. The van der Waals surface area contributed by atoms with Crippen LogP contribution in [0.4, 0.5) is 8.78 Å². The van der Waals surface area contributed by atoms with Gasteiger partial charge in [-0.2, -0.15) is 0 Å². The Bertz CT molecular complexity index is 396. The summed E-state index contributed by atoms with van der Waals surface area (Å²) in [5.41, 5.74) is 0.245. The first-order valence-electron chi connectivity index (χ1n) is 4.85. The molecule has 1 aromatic carbocycles. The van der Waals surface area contributed by atoms with Gasteiger partial charge in [0.05, 0.1) is 0 Å². The third-order valence-corrected chi connectivity index (χ3v) is 2.30. The highest BCUT2D eigenvalue weighted by atomic mass is 19.1. The van der Waals surface area contributed by atoms with Gasteiger partial charge < -0.3 is 5.11 Å². The molecule has 1 aromatic rings. The average molecular weight is 229 g/mol. The zero-order valence-corrected chi connectivity index (χ0v) is 9.00. The van der Waals surface area contributed by atoms with Crippen LogP contribution >= 0.6 is 0 Å². The van der Waals surface area contributed by atoms with Crippen LogP contribution in [0.5, 0.6) is 0 Å². The van der Waals surface area contributed by atoms with E-state index >= 15 is 0 Å². The Labute approximate surface area is 92.1 Å². The molecule has 2 atom stereocenters. The third kappa shape index (κ3) is 3.00. The van der Waals surface area contributed by atoms with E-state index in [9.17, 15) is 13.6 Å². The Morgan fingerprint density at radius 3 is 2.50 bits per heavy atom. The van der Waals surface area contributed by atoms with Crippen molar-refractivity contribution in [2.75, 3.05) is 0 Å². The second kappa shape index (κ2) is 5.03. The van der Waals surface area contributed by atoms with Crippen LogP contribution in [0.3, 0.4) is 0 Å². The highest BCUT2D eigenvalue weighted by Gasteiger charge is 2.17. The van der Waals surface area contributed by atoms with Crippen LogP contribution in [0.15, 0.2) is 18.2 Å². The zero-order valence-electron chi connectivity index (χ0n) is 9.00. The molecule has 88 valence electrons. The maximum Gasteiger partial charge on any atom is 0.320 e. The van der Waals surface area contributed by atoms with Crippen molar-refractivity contribution in [1.29, 1.82) is 0 Å². The van der Waals surface area contributed by atoms with Gasteiger partial charge in [0.1, 0.15) is 17.7 Å². The predicted molar refractivity (Wildman–Crippen MR) is 55.0 cm³/mol. The lowest BCUT2D eigenvalue weighted by molar-refractivity contribution is -0.139. The third-order valence-electron chi connectivity index (χ3n) is 2.30. The Balaban J connectivity index is 2.80. The molecule has 2 unspecified atom stereocenters. The molecular weight excluding hydrogens is 216 g/mol. The summed E-state index contributed by atoms with van der Waals surface area (Å²) in [5.74, 6) is -2.35. The highest BCUT2D eigenvalue weighted by Crippen LogP contribution is 2.18. The van der Waals surface area contributed by atoms with Crippen molar-refractivity contribution >= 4 is 5.97 Å². The molecule has 0 aliphatic carbocycles. The van der Waals surface area contributed by atoms with E-state index in [0.717, 1.165) is 12.1 Å². The topological polar surface area (TPSA) is 49.3 Å². The molecule has 2 N–H and O–H groups in total. The molecule has 3 nitrogen and oxygen atoms in total. The summed E-state index contributed by atoms with van der Waals surface area (Å²) in [6.45, 7) is 3.08. The number of carbonyl (C=O) groups is 1. The largest absolute Gasteiger partial charge is 0.480 e.